The molecule has 0 amide bonds. The molecule has 0 radical (unpaired) electrons. The fourth-order valence-corrected chi connectivity index (χ4v) is 21.0. The number of fused-ring (bicyclic) bond motifs is 4. The van der Waals surface area contributed by atoms with Crippen LogP contribution in [-0.4, -0.2) is 134 Å². The average molecular weight is 2020 g/mol. The van der Waals surface area contributed by atoms with Crippen molar-refractivity contribution >= 4 is 111 Å². The molecule has 19 aromatic rings. The van der Waals surface area contributed by atoms with Crippen LogP contribution in [0.25, 0.3) is 166 Å². The first-order valence-electron chi connectivity index (χ1n) is 50.7. The van der Waals surface area contributed by atoms with Gasteiger partial charge < -0.3 is 46.9 Å². The molecule has 26 heteroatoms. The molecule has 8 aromatic carbocycles. The minimum Gasteiger partial charge on any atom is -0.493 e. The molecular weight excluding hydrogens is 1900 g/mol. The van der Waals surface area contributed by atoms with E-state index >= 15 is 0 Å². The van der Waals surface area contributed by atoms with Gasteiger partial charge in [0.1, 0.15) is 47.4 Å². The van der Waals surface area contributed by atoms with E-state index in [2.05, 4.69) is 92.7 Å². The van der Waals surface area contributed by atoms with Crippen LogP contribution < -0.4 is 14.2 Å². The summed E-state index contributed by atoms with van der Waals surface area (Å²) in [5.74, 6) is 3.12. The summed E-state index contributed by atoms with van der Waals surface area (Å²) >= 11 is 6.18. The van der Waals surface area contributed by atoms with Gasteiger partial charge in [-0.2, -0.15) is 0 Å². The number of carbonyl (C=O) groups is 4. The normalized spacial score (nSPS) is 13.7. The number of pyridine rings is 8. The number of benzene rings is 8. The third-order valence-corrected chi connectivity index (χ3v) is 27.4. The molecule has 11 aromatic heterocycles. The summed E-state index contributed by atoms with van der Waals surface area (Å²) in [5, 5.41) is 7.48. The van der Waals surface area contributed by atoms with E-state index in [1.54, 1.807) is 58.9 Å². The van der Waals surface area contributed by atoms with Gasteiger partial charge in [-0.1, -0.05) is 29.8 Å². The van der Waals surface area contributed by atoms with Crippen LogP contribution in [0.15, 0.2) is 232 Å². The number of imidazole rings is 3. The van der Waals surface area contributed by atoms with E-state index in [0.29, 0.717) is 24.8 Å². The molecule has 762 valence electrons. The number of halogens is 1. The van der Waals surface area contributed by atoms with E-state index in [4.69, 9.17) is 79.6 Å². The summed E-state index contributed by atoms with van der Waals surface area (Å²) in [6, 6.07) is 54.5. The topological polar surface area (TPSA) is 289 Å². The second-order valence-corrected chi connectivity index (χ2v) is 43.4. The summed E-state index contributed by atoms with van der Waals surface area (Å²) in [6.45, 7) is 40.0. The Morgan fingerprint density at radius 2 is 0.680 bits per heavy atom. The first-order valence-corrected chi connectivity index (χ1v) is 51.1. The number of hydrogen-bond donors (Lipinski definition) is 0. The van der Waals surface area contributed by atoms with Crippen molar-refractivity contribution in [3.63, 3.8) is 0 Å². The molecule has 150 heavy (non-hydrogen) atoms. The summed E-state index contributed by atoms with van der Waals surface area (Å²) in [4.78, 5) is 104. The van der Waals surface area contributed by atoms with Gasteiger partial charge in [-0.05, 0) is 373 Å². The maximum Gasteiger partial charge on any atom is 0.163 e. The molecule has 0 aliphatic carbocycles. The molecule has 4 atom stereocenters. The van der Waals surface area contributed by atoms with Crippen molar-refractivity contribution in [1.29, 1.82) is 0 Å². The van der Waals surface area contributed by atoms with Gasteiger partial charge in [-0.3, -0.25) is 39.1 Å². The number of nitrogens with zero attached hydrogens (tertiary/aromatic N) is 14. The molecule has 14 heterocycles. The van der Waals surface area contributed by atoms with E-state index in [-0.39, 0.29) is 23.1 Å². The molecule has 0 unspecified atom stereocenters. The predicted molar refractivity (Wildman–Crippen MR) is 593 cm³/mol. The average Bonchev–Trinajstić information content (AvgIpc) is 0.825. The molecule has 25 nitrogen and oxygen atoms in total. The Labute approximate surface area is 877 Å². The van der Waals surface area contributed by atoms with E-state index in [1.165, 1.54) is 16.7 Å². The van der Waals surface area contributed by atoms with Gasteiger partial charge in [0, 0.05) is 149 Å². The molecule has 3 aliphatic rings. The molecule has 22 rings (SSSR count). The molecule has 3 aliphatic heterocycles. The summed E-state index contributed by atoms with van der Waals surface area (Å²) < 4.78 is 49.5. The standard InChI is InChI=1S/C33H31N3O3.2C32H32N4O3.C27H28ClN3O2/c1-19-17-26-23(8-10-25(36-26)22-7-6-14-34-18-22)30(28(19)32(20(2)37)39-33(3,4)5)24-9-11-27-29-21(13-16-38-27)12-15-35-31(24)29;1-18-17-24-21(7-9-23(35-24)31-34-14-15-36(31)6)28(26(18)30(19(2)37)39-32(3,4)5)22-8-10-25-27-20(12-16-38-25)11-13-33-29(22)27;1-18-15-24-21(7-9-23(35-24)25-16-33-17-36(25)6)29(27(18)31(19(2)37)39-32(3,4)5)22-8-10-26-28-20(12-14-38-26)11-13-34-30(22)28;1-16-13-22-20(11-12-21(30-22)23-14-29-15-31(23)6)25(18-7-9-19(28)10-8-18)24(16)26(17(2)32)33-27(3,4)5/h6-12,14-15,17-18,32H,13,16H2,1-5H3;7-11,13-15,17,30H,12,16H2,1-6H3;7-11,13,15-17,31H,12,14H2,1-6H3;7-15,26H,1-6H3/t32-;30-;31-;26-/m1111/s1. The monoisotopic (exact) mass is 2020 g/mol. The van der Waals surface area contributed by atoms with Crippen molar-refractivity contribution < 1.29 is 52.3 Å². The van der Waals surface area contributed by atoms with Crippen molar-refractivity contribution in [1.82, 2.24) is 68.5 Å². The zero-order valence-corrected chi connectivity index (χ0v) is 89.9. The number of aromatic nitrogens is 14. The SMILES string of the molecule is CC(=O)[C@@H](OC(C)(C)C)c1c(C)cc2nc(-c3cccnc3)ccc2c1-c1ccc2c3c(ccnc13)CCO2.CC(=O)[C@@H](OC(C)(C)C)c1c(C)cc2nc(-c3cncn3C)ccc2c1-c1ccc(Cl)cc1.CC(=O)[C@@H](OC(C)(C)C)c1c(C)cc2nc(-c3cncn3C)ccc2c1-c1ccc2c3c(ccnc13)CCO2.CC(=O)[C@@H](OC(C)(C)C)c1c(C)cc2nc(-c3nccn3C)ccc2c1-c1ccc2c3c(ccnc13)CCO2. The Kier molecular flexibility index (Phi) is 28.4. The number of ether oxygens (including phenoxy) is 7. The van der Waals surface area contributed by atoms with Gasteiger partial charge in [-0.15, -0.1) is 0 Å². The largest absolute Gasteiger partial charge is 0.493 e. The number of hydrogen-bond acceptors (Lipinski definition) is 22. The third-order valence-electron chi connectivity index (χ3n) is 27.2. The lowest BCUT2D eigenvalue weighted by atomic mass is 9.85. The number of ketones is 4. The number of Topliss-reactive ketones (excluding diaryl/α,β-unsaturated/α-hetero) is 4. The molecule has 0 saturated carbocycles. The van der Waals surface area contributed by atoms with Gasteiger partial charge in [-0.25, -0.2) is 34.9 Å². The number of rotatable bonds is 20. The zero-order chi connectivity index (χ0) is 106. The smallest absolute Gasteiger partial charge is 0.163 e. The summed E-state index contributed by atoms with van der Waals surface area (Å²) in [7, 11) is 5.86. The number of carbonyl (C=O) groups excluding carboxylic acids is 4. The van der Waals surface area contributed by atoms with Gasteiger partial charge in [0.2, 0.25) is 0 Å². The quantitative estimate of drug-likeness (QED) is 0.0685. The van der Waals surface area contributed by atoms with Gasteiger partial charge >= 0.3 is 0 Å². The minimum atomic E-state index is -0.749. The highest BCUT2D eigenvalue weighted by Crippen LogP contribution is 2.52. The van der Waals surface area contributed by atoms with E-state index < -0.39 is 46.8 Å². The maximum absolute atomic E-state index is 13.2. The lowest BCUT2D eigenvalue weighted by molar-refractivity contribution is -0.139. The Bertz CT molecular complexity index is 8290. The first-order chi connectivity index (χ1) is 71.5. The Hall–Kier alpha value is -15.4. The zero-order valence-electron chi connectivity index (χ0n) is 89.1. The number of aryl methyl sites for hydroxylation is 7. The highest BCUT2D eigenvalue weighted by molar-refractivity contribution is 6.30. The lowest BCUT2D eigenvalue weighted by Gasteiger charge is -2.30. The first kappa shape index (κ1) is 103. The molecule has 0 saturated heterocycles. The van der Waals surface area contributed by atoms with Crippen LogP contribution in [0.5, 0.6) is 17.2 Å². The van der Waals surface area contributed by atoms with Crippen LogP contribution in [0.3, 0.4) is 0 Å². The van der Waals surface area contributed by atoms with Gasteiger partial charge in [0.15, 0.2) is 29.0 Å². The van der Waals surface area contributed by atoms with Crippen molar-refractivity contribution in [3.05, 3.63) is 298 Å². The van der Waals surface area contributed by atoms with Crippen molar-refractivity contribution in [2.75, 3.05) is 19.8 Å². The van der Waals surface area contributed by atoms with E-state index in [9.17, 15) is 19.2 Å². The van der Waals surface area contributed by atoms with Crippen LogP contribution in [0, 0.1) is 27.7 Å². The molecule has 0 N–H and O–H groups in total. The Morgan fingerprint density at radius 3 is 1.00 bits per heavy atom. The van der Waals surface area contributed by atoms with Crippen molar-refractivity contribution in [3.8, 4) is 107 Å². The van der Waals surface area contributed by atoms with Crippen molar-refractivity contribution in [2.24, 2.45) is 21.1 Å². The van der Waals surface area contributed by atoms with Crippen LogP contribution in [0.4, 0.5) is 0 Å². The molecule has 0 spiro atoms. The highest BCUT2D eigenvalue weighted by Gasteiger charge is 2.38. The fraction of sp³-hybridized carbons (Fsp3) is 0.298. The summed E-state index contributed by atoms with van der Waals surface area (Å²) in [5.41, 5.74) is 28.2. The third kappa shape index (κ3) is 20.9. The second-order valence-electron chi connectivity index (χ2n) is 43.0. The van der Waals surface area contributed by atoms with E-state index in [1.807, 2.05) is 274 Å². The van der Waals surface area contributed by atoms with Crippen LogP contribution in [-0.2, 0) is 78.5 Å². The van der Waals surface area contributed by atoms with E-state index in [0.717, 1.165) is 247 Å². The summed E-state index contributed by atoms with van der Waals surface area (Å²) in [6.07, 6.45) is 19.5. The molecular formula is C124H123ClN14O11. The van der Waals surface area contributed by atoms with Crippen LogP contribution in [0.2, 0.25) is 5.02 Å². The van der Waals surface area contributed by atoms with Crippen molar-refractivity contribution in [2.45, 2.75) is 205 Å². The molecule has 0 fully saturated rings. The van der Waals surface area contributed by atoms with Gasteiger partial charge in [0.25, 0.3) is 0 Å². The van der Waals surface area contributed by atoms with Crippen LogP contribution >= 0.6 is 11.6 Å². The maximum atomic E-state index is 13.2. The van der Waals surface area contributed by atoms with Gasteiger partial charge in [0.05, 0.1) is 134 Å². The Balaban J connectivity index is 0.000000126. The Morgan fingerprint density at radius 1 is 0.347 bits per heavy atom. The minimum absolute atomic E-state index is 0.0398. The lowest BCUT2D eigenvalue weighted by Crippen LogP contribution is -2.27. The predicted octanol–water partition coefficient (Wildman–Crippen LogP) is 27.0. The highest BCUT2D eigenvalue weighted by atomic mass is 35.5. The molecule has 0 bridgehead atoms. The second kappa shape index (κ2) is 41.3. The fourth-order valence-electron chi connectivity index (χ4n) is 20.8. The van der Waals surface area contributed by atoms with Crippen LogP contribution in [0.1, 0.15) is 196 Å².